The van der Waals surface area contributed by atoms with E-state index in [0.29, 0.717) is 22.9 Å². The third-order valence-electron chi connectivity index (χ3n) is 6.37. The Morgan fingerprint density at radius 2 is 1.72 bits per heavy atom. The molecule has 1 amide bonds. The van der Waals surface area contributed by atoms with Gasteiger partial charge in [0.2, 0.25) is 0 Å². The van der Waals surface area contributed by atoms with Crippen LogP contribution in [0.5, 0.6) is 0 Å². The quantitative estimate of drug-likeness (QED) is 0.318. The van der Waals surface area contributed by atoms with E-state index in [9.17, 15) is 34.5 Å². The largest absolute Gasteiger partial charge is 0.480 e. The van der Waals surface area contributed by atoms with E-state index in [1.807, 2.05) is 36.4 Å². The van der Waals surface area contributed by atoms with E-state index >= 15 is 0 Å². The van der Waals surface area contributed by atoms with Crippen LogP contribution in [0, 0.1) is 5.92 Å². The number of carbonyl (C=O) groups is 4. The van der Waals surface area contributed by atoms with Crippen molar-refractivity contribution < 1.29 is 44.0 Å². The Hall–Kier alpha value is -3.44. The molecule has 3 atom stereocenters. The van der Waals surface area contributed by atoms with Crippen LogP contribution >= 0.6 is 23.2 Å². The minimum atomic E-state index is -3.06. The fraction of sp³-hybridized carbons (Fsp3) is 0.333. The van der Waals surface area contributed by atoms with Gasteiger partial charge in [0.05, 0.1) is 16.7 Å². The number of ether oxygens (including phenoxy) is 2. The first-order chi connectivity index (χ1) is 18.4. The number of nitrogens with zero attached hydrogens (tertiary/aromatic N) is 1. The highest BCUT2D eigenvalue weighted by Crippen LogP contribution is 2.29. The van der Waals surface area contributed by atoms with Crippen molar-refractivity contribution in [3.05, 3.63) is 75.8 Å². The van der Waals surface area contributed by atoms with Gasteiger partial charge in [0.15, 0.2) is 6.10 Å². The van der Waals surface area contributed by atoms with Crippen molar-refractivity contribution in [2.75, 3.05) is 13.2 Å². The molecule has 3 N–H and O–H groups in total. The van der Waals surface area contributed by atoms with Gasteiger partial charge < -0.3 is 29.7 Å². The third-order valence-corrected chi connectivity index (χ3v) is 7.11. The van der Waals surface area contributed by atoms with Crippen LogP contribution in [0.15, 0.2) is 54.6 Å². The smallest absolute Gasteiger partial charge is 0.377 e. The molecule has 1 aliphatic heterocycles. The number of hydrogen-bond donors (Lipinski definition) is 3. The molecule has 0 aliphatic carbocycles. The number of halogens is 2. The number of hydrogen-bond acceptors (Lipinski definition) is 6. The molecule has 0 spiro atoms. The lowest BCUT2D eigenvalue weighted by molar-refractivity contribution is -0.218. The third kappa shape index (κ3) is 7.36. The number of amides is 1. The molecule has 1 fully saturated rings. The topological polar surface area (TPSA) is 151 Å². The van der Waals surface area contributed by atoms with Gasteiger partial charge in [0.25, 0.3) is 5.91 Å². The van der Waals surface area contributed by atoms with Crippen LogP contribution in [-0.2, 0) is 35.1 Å². The van der Waals surface area contributed by atoms with E-state index in [4.69, 9.17) is 32.7 Å². The van der Waals surface area contributed by atoms with E-state index in [2.05, 4.69) is 0 Å². The summed E-state index contributed by atoms with van der Waals surface area (Å²) in [5.41, 5.74) is 1.77. The highest BCUT2D eigenvalue weighted by atomic mass is 35.5. The lowest BCUT2D eigenvalue weighted by Crippen LogP contribution is -2.52. The molecular weight excluding hydrogens is 553 g/mol. The molecule has 208 valence electrons. The van der Waals surface area contributed by atoms with Gasteiger partial charge in [-0.2, -0.15) is 0 Å². The van der Waals surface area contributed by atoms with Crippen LogP contribution in [0.1, 0.15) is 24.5 Å². The highest BCUT2D eigenvalue weighted by molar-refractivity contribution is 6.42. The molecule has 0 saturated carbocycles. The summed E-state index contributed by atoms with van der Waals surface area (Å²) < 4.78 is 9.93. The molecule has 39 heavy (non-hydrogen) atoms. The lowest BCUT2D eigenvalue weighted by atomic mass is 9.91. The summed E-state index contributed by atoms with van der Waals surface area (Å²) in [5.74, 6) is -9.52. The lowest BCUT2D eigenvalue weighted by Gasteiger charge is -2.34. The Morgan fingerprint density at radius 3 is 2.28 bits per heavy atom. The summed E-state index contributed by atoms with van der Waals surface area (Å²) >= 11 is 12.1. The predicted molar refractivity (Wildman–Crippen MR) is 141 cm³/mol. The molecule has 1 saturated heterocycles. The van der Waals surface area contributed by atoms with E-state index in [1.165, 1.54) is 0 Å². The molecule has 0 aromatic heterocycles. The Bertz CT molecular complexity index is 1240. The number of benzene rings is 2. The van der Waals surface area contributed by atoms with Crippen molar-refractivity contribution in [1.82, 2.24) is 4.90 Å². The second-order valence-electron chi connectivity index (χ2n) is 8.97. The first-order valence-corrected chi connectivity index (χ1v) is 12.7. The highest BCUT2D eigenvalue weighted by Gasteiger charge is 2.58. The van der Waals surface area contributed by atoms with Crippen LogP contribution in [0.3, 0.4) is 0 Å². The summed E-state index contributed by atoms with van der Waals surface area (Å²) in [6, 6.07) is 13.9. The van der Waals surface area contributed by atoms with Gasteiger partial charge in [-0.3, -0.25) is 9.59 Å². The van der Waals surface area contributed by atoms with Crippen LogP contribution in [0.25, 0.3) is 6.08 Å². The minimum Gasteiger partial charge on any atom is -0.480 e. The standard InChI is InChI=1S/C27H27Cl2NO9/c1-16(30(14-23(31)32)24(33)22-15-38-27(39-22,25(34)35)26(36)37)19(10-7-17-5-3-2-4-6-17)11-8-18-9-12-20(28)21(29)13-18/h2-6,8-9,11-13,16,19,22H,7,10,14-15H2,1H3,(H,31,32)(H,34,35)(H,36,37). The Labute approximate surface area is 234 Å². The monoisotopic (exact) mass is 579 g/mol. The number of carbonyl (C=O) groups excluding carboxylic acids is 1. The summed E-state index contributed by atoms with van der Waals surface area (Å²) in [4.78, 5) is 49.2. The normalized spacial score (nSPS) is 18.0. The second kappa shape index (κ2) is 13.1. The van der Waals surface area contributed by atoms with Gasteiger partial charge in [-0.1, -0.05) is 71.8 Å². The fourth-order valence-electron chi connectivity index (χ4n) is 4.21. The Balaban J connectivity index is 1.90. The molecular formula is C27H27Cl2NO9. The van der Waals surface area contributed by atoms with Crippen molar-refractivity contribution in [1.29, 1.82) is 0 Å². The number of aryl methyl sites for hydroxylation is 1. The van der Waals surface area contributed by atoms with Gasteiger partial charge >= 0.3 is 23.7 Å². The van der Waals surface area contributed by atoms with Crippen molar-refractivity contribution in [2.45, 2.75) is 37.7 Å². The molecule has 2 aromatic rings. The number of rotatable bonds is 12. The maximum atomic E-state index is 13.4. The average molecular weight is 580 g/mol. The predicted octanol–water partition coefficient (Wildman–Crippen LogP) is 3.84. The Kier molecular flexibility index (Phi) is 10.1. The zero-order chi connectivity index (χ0) is 28.7. The van der Waals surface area contributed by atoms with Gasteiger partial charge in [0, 0.05) is 6.04 Å². The summed E-state index contributed by atoms with van der Waals surface area (Å²) in [6.45, 7) is 0.261. The van der Waals surface area contributed by atoms with Gasteiger partial charge in [-0.15, -0.1) is 0 Å². The molecule has 3 unspecified atom stereocenters. The SMILES string of the molecule is CC(C(C=Cc1ccc(Cl)c(Cl)c1)CCc1ccccc1)N(CC(=O)O)C(=O)C1COC(C(=O)O)(C(=O)O)O1. The number of aliphatic carboxylic acids is 3. The maximum absolute atomic E-state index is 13.4. The summed E-state index contributed by atoms with van der Waals surface area (Å²) in [6.07, 6.45) is 3.11. The average Bonchev–Trinajstić information content (AvgIpc) is 3.36. The molecule has 12 heteroatoms. The first kappa shape index (κ1) is 30.1. The number of carboxylic acids is 3. The first-order valence-electron chi connectivity index (χ1n) is 11.9. The van der Waals surface area contributed by atoms with E-state index in [0.717, 1.165) is 16.0 Å². The molecule has 1 aliphatic rings. The second-order valence-corrected chi connectivity index (χ2v) is 9.78. The van der Waals surface area contributed by atoms with Crippen LogP contribution in [-0.4, -0.2) is 75.1 Å². The van der Waals surface area contributed by atoms with Gasteiger partial charge in [-0.05, 0) is 48.9 Å². The summed E-state index contributed by atoms with van der Waals surface area (Å²) in [5, 5.41) is 29.0. The minimum absolute atomic E-state index is 0.356. The van der Waals surface area contributed by atoms with Gasteiger partial charge in [-0.25, -0.2) is 9.59 Å². The zero-order valence-electron chi connectivity index (χ0n) is 20.8. The van der Waals surface area contributed by atoms with Crippen LogP contribution < -0.4 is 0 Å². The zero-order valence-corrected chi connectivity index (χ0v) is 22.3. The fourth-order valence-corrected chi connectivity index (χ4v) is 4.52. The number of carboxylic acid groups (broad SMARTS) is 3. The van der Waals surface area contributed by atoms with E-state index in [-0.39, 0.29) is 5.92 Å². The van der Waals surface area contributed by atoms with Crippen LogP contribution in [0.2, 0.25) is 10.0 Å². The van der Waals surface area contributed by atoms with E-state index < -0.39 is 54.9 Å². The molecule has 0 bridgehead atoms. The van der Waals surface area contributed by atoms with Crippen molar-refractivity contribution in [3.8, 4) is 0 Å². The molecule has 3 rings (SSSR count). The van der Waals surface area contributed by atoms with Crippen molar-refractivity contribution in [2.24, 2.45) is 5.92 Å². The Morgan fingerprint density at radius 1 is 1.05 bits per heavy atom. The van der Waals surface area contributed by atoms with Crippen LogP contribution in [0.4, 0.5) is 0 Å². The van der Waals surface area contributed by atoms with E-state index in [1.54, 1.807) is 31.2 Å². The molecule has 2 aromatic carbocycles. The van der Waals surface area contributed by atoms with Crippen molar-refractivity contribution in [3.63, 3.8) is 0 Å². The molecule has 1 heterocycles. The molecule has 0 radical (unpaired) electrons. The van der Waals surface area contributed by atoms with Gasteiger partial charge in [0.1, 0.15) is 6.54 Å². The summed E-state index contributed by atoms with van der Waals surface area (Å²) in [7, 11) is 0. The molecule has 10 nitrogen and oxygen atoms in total. The van der Waals surface area contributed by atoms with Crippen molar-refractivity contribution >= 4 is 53.1 Å². The maximum Gasteiger partial charge on any atom is 0.377 e.